The number of aliphatic hydroxyl groups excluding tert-OH is 1. The van der Waals surface area contributed by atoms with Crippen LogP contribution in [0, 0.1) is 0 Å². The Morgan fingerprint density at radius 2 is 2.17 bits per heavy atom. The third-order valence-corrected chi connectivity index (χ3v) is 1.69. The molecule has 1 heterocycles. The maximum absolute atomic E-state index is 12.1. The summed E-state index contributed by atoms with van der Waals surface area (Å²) in [4.78, 5) is 0. The molecule has 0 bridgehead atoms. The molecule has 1 rings (SSSR count). The predicted molar refractivity (Wildman–Crippen MR) is 34.7 cm³/mol. The van der Waals surface area contributed by atoms with Crippen molar-refractivity contribution in [2.75, 3.05) is 19.8 Å². The zero-order chi connectivity index (χ0) is 9.19. The van der Waals surface area contributed by atoms with Gasteiger partial charge in [-0.1, -0.05) is 0 Å². The number of halogens is 3. The molecule has 0 aliphatic carbocycles. The molecule has 1 saturated heterocycles. The molecule has 0 aromatic rings. The van der Waals surface area contributed by atoms with E-state index in [0.29, 0.717) is 6.54 Å². The minimum atomic E-state index is -4.40. The molecule has 12 heavy (non-hydrogen) atoms. The Morgan fingerprint density at radius 1 is 1.50 bits per heavy atom. The standard InChI is InChI=1S/C6H10F3NO2/c7-6(8,9)5-4(3-11)10-1-2-12-5/h4-5,10-11H,1-3H2. The van der Waals surface area contributed by atoms with Crippen LogP contribution in [0.25, 0.3) is 0 Å². The molecule has 0 aromatic heterocycles. The molecule has 1 aliphatic rings. The van der Waals surface area contributed by atoms with Gasteiger partial charge in [0, 0.05) is 6.54 Å². The van der Waals surface area contributed by atoms with Crippen molar-refractivity contribution < 1.29 is 23.0 Å². The summed E-state index contributed by atoms with van der Waals surface area (Å²) in [5.41, 5.74) is 0. The monoisotopic (exact) mass is 185 g/mol. The van der Waals surface area contributed by atoms with E-state index in [4.69, 9.17) is 5.11 Å². The third-order valence-electron chi connectivity index (χ3n) is 1.69. The van der Waals surface area contributed by atoms with Gasteiger partial charge in [0.1, 0.15) is 0 Å². The highest BCUT2D eigenvalue weighted by atomic mass is 19.4. The van der Waals surface area contributed by atoms with Gasteiger partial charge in [-0.2, -0.15) is 13.2 Å². The Labute approximate surface area is 67.5 Å². The van der Waals surface area contributed by atoms with Gasteiger partial charge in [0.15, 0.2) is 6.10 Å². The summed E-state index contributed by atoms with van der Waals surface area (Å²) in [5, 5.41) is 11.1. The van der Waals surface area contributed by atoms with E-state index in [1.807, 2.05) is 0 Å². The van der Waals surface area contributed by atoms with Crippen LogP contribution < -0.4 is 5.32 Å². The number of nitrogens with one attached hydrogen (secondary N) is 1. The lowest BCUT2D eigenvalue weighted by Crippen LogP contribution is -2.56. The number of alkyl halides is 3. The second-order valence-corrected chi connectivity index (χ2v) is 2.58. The molecular weight excluding hydrogens is 175 g/mol. The molecular formula is C6H10F3NO2. The molecule has 2 atom stereocenters. The maximum Gasteiger partial charge on any atom is 0.416 e. The summed E-state index contributed by atoms with van der Waals surface area (Å²) in [6.45, 7) is -0.192. The fourth-order valence-electron chi connectivity index (χ4n) is 1.14. The number of hydrogen-bond acceptors (Lipinski definition) is 3. The minimum Gasteiger partial charge on any atom is -0.395 e. The lowest BCUT2D eigenvalue weighted by atomic mass is 10.1. The summed E-state index contributed by atoms with van der Waals surface area (Å²) in [6, 6.07) is -1.03. The highest BCUT2D eigenvalue weighted by molar-refractivity contribution is 4.85. The molecule has 0 saturated carbocycles. The van der Waals surface area contributed by atoms with Crippen molar-refractivity contribution in [1.29, 1.82) is 0 Å². The zero-order valence-corrected chi connectivity index (χ0v) is 6.27. The molecule has 0 aromatic carbocycles. The van der Waals surface area contributed by atoms with Crippen LogP contribution >= 0.6 is 0 Å². The highest BCUT2D eigenvalue weighted by Gasteiger charge is 2.46. The van der Waals surface area contributed by atoms with Gasteiger partial charge in [0.05, 0.1) is 19.3 Å². The number of hydrogen-bond donors (Lipinski definition) is 2. The van der Waals surface area contributed by atoms with Crippen LogP contribution in [0.15, 0.2) is 0 Å². The number of aliphatic hydroxyl groups is 1. The normalized spacial score (nSPS) is 32.0. The van der Waals surface area contributed by atoms with Crippen molar-refractivity contribution in [3.05, 3.63) is 0 Å². The van der Waals surface area contributed by atoms with E-state index in [1.165, 1.54) is 0 Å². The summed E-state index contributed by atoms with van der Waals surface area (Å²) in [7, 11) is 0. The van der Waals surface area contributed by atoms with Gasteiger partial charge in [-0.15, -0.1) is 0 Å². The van der Waals surface area contributed by atoms with E-state index in [2.05, 4.69) is 10.1 Å². The van der Waals surface area contributed by atoms with Crippen molar-refractivity contribution in [2.24, 2.45) is 0 Å². The van der Waals surface area contributed by atoms with Crippen LogP contribution in [0.1, 0.15) is 0 Å². The number of morpholine rings is 1. The lowest BCUT2D eigenvalue weighted by molar-refractivity contribution is -0.239. The number of ether oxygens (including phenoxy) is 1. The van der Waals surface area contributed by atoms with Crippen molar-refractivity contribution in [2.45, 2.75) is 18.3 Å². The molecule has 2 unspecified atom stereocenters. The molecule has 0 amide bonds. The molecule has 72 valence electrons. The fourth-order valence-corrected chi connectivity index (χ4v) is 1.14. The van der Waals surface area contributed by atoms with Gasteiger partial charge in [0.2, 0.25) is 0 Å². The van der Waals surface area contributed by atoms with Crippen LogP contribution in [0.4, 0.5) is 13.2 Å². The molecule has 1 aliphatic heterocycles. The first-order valence-corrected chi connectivity index (χ1v) is 3.58. The smallest absolute Gasteiger partial charge is 0.395 e. The van der Waals surface area contributed by atoms with Gasteiger partial charge in [-0.3, -0.25) is 0 Å². The summed E-state index contributed by atoms with van der Waals surface area (Å²) in [6.07, 6.45) is -6.28. The van der Waals surface area contributed by atoms with E-state index < -0.39 is 24.9 Å². The molecule has 2 N–H and O–H groups in total. The minimum absolute atomic E-state index is 0.0284. The summed E-state index contributed by atoms with van der Waals surface area (Å²) < 4.78 is 40.8. The summed E-state index contributed by atoms with van der Waals surface area (Å²) in [5.74, 6) is 0. The van der Waals surface area contributed by atoms with Gasteiger partial charge < -0.3 is 15.2 Å². The Morgan fingerprint density at radius 3 is 2.58 bits per heavy atom. The van der Waals surface area contributed by atoms with Crippen LogP contribution in [-0.2, 0) is 4.74 Å². The highest BCUT2D eigenvalue weighted by Crippen LogP contribution is 2.26. The largest absolute Gasteiger partial charge is 0.416 e. The second kappa shape index (κ2) is 3.59. The Kier molecular flexibility index (Phi) is 2.92. The second-order valence-electron chi connectivity index (χ2n) is 2.58. The molecule has 1 fully saturated rings. The SMILES string of the molecule is OCC1NCCOC1C(F)(F)F. The van der Waals surface area contributed by atoms with E-state index in [0.717, 1.165) is 0 Å². The van der Waals surface area contributed by atoms with Crippen LogP contribution in [0.3, 0.4) is 0 Å². The predicted octanol–water partition coefficient (Wildman–Crippen LogP) is -0.102. The molecule has 6 heteroatoms. The van der Waals surface area contributed by atoms with Crippen molar-refractivity contribution in [3.8, 4) is 0 Å². The van der Waals surface area contributed by atoms with Gasteiger partial charge >= 0.3 is 6.18 Å². The third kappa shape index (κ3) is 2.09. The topological polar surface area (TPSA) is 41.5 Å². The van der Waals surface area contributed by atoms with Gasteiger partial charge in [-0.05, 0) is 0 Å². The van der Waals surface area contributed by atoms with E-state index in [-0.39, 0.29) is 6.61 Å². The van der Waals surface area contributed by atoms with E-state index >= 15 is 0 Å². The van der Waals surface area contributed by atoms with E-state index in [1.54, 1.807) is 0 Å². The molecule has 3 nitrogen and oxygen atoms in total. The van der Waals surface area contributed by atoms with E-state index in [9.17, 15) is 13.2 Å². The maximum atomic E-state index is 12.1. The van der Waals surface area contributed by atoms with Crippen molar-refractivity contribution in [3.63, 3.8) is 0 Å². The average molecular weight is 185 g/mol. The molecule has 0 radical (unpaired) electrons. The summed E-state index contributed by atoms with van der Waals surface area (Å²) >= 11 is 0. The van der Waals surface area contributed by atoms with Crippen LogP contribution in [0.5, 0.6) is 0 Å². The van der Waals surface area contributed by atoms with Gasteiger partial charge in [-0.25, -0.2) is 0 Å². The zero-order valence-electron chi connectivity index (χ0n) is 6.27. The van der Waals surface area contributed by atoms with Crippen LogP contribution in [-0.4, -0.2) is 43.2 Å². The van der Waals surface area contributed by atoms with Crippen LogP contribution in [0.2, 0.25) is 0 Å². The Bertz CT molecular complexity index is 150. The quantitative estimate of drug-likeness (QED) is 0.599. The van der Waals surface area contributed by atoms with Crippen molar-refractivity contribution in [1.82, 2.24) is 5.32 Å². The molecule has 0 spiro atoms. The first kappa shape index (κ1) is 9.76. The first-order chi connectivity index (χ1) is 5.55. The van der Waals surface area contributed by atoms with Crippen molar-refractivity contribution >= 4 is 0 Å². The Balaban J connectivity index is 2.59. The lowest BCUT2D eigenvalue weighted by Gasteiger charge is -2.32. The first-order valence-electron chi connectivity index (χ1n) is 3.58. The Hall–Kier alpha value is -0.330. The fraction of sp³-hybridized carbons (Fsp3) is 1.00. The number of rotatable bonds is 1. The average Bonchev–Trinajstić information content (AvgIpc) is 2.03. The van der Waals surface area contributed by atoms with Gasteiger partial charge in [0.25, 0.3) is 0 Å².